The predicted octanol–water partition coefficient (Wildman–Crippen LogP) is 1.97. The fraction of sp³-hybridized carbons (Fsp3) is 0.0667. The van der Waals surface area contributed by atoms with E-state index >= 15 is 0 Å². The monoisotopic (exact) mass is 279 g/mol. The maximum atomic E-state index is 12.0. The molecule has 104 valence electrons. The van der Waals surface area contributed by atoms with E-state index in [4.69, 9.17) is 0 Å². The lowest BCUT2D eigenvalue weighted by Gasteiger charge is -2.08. The molecule has 0 saturated heterocycles. The van der Waals surface area contributed by atoms with Gasteiger partial charge >= 0.3 is 0 Å². The molecule has 0 aliphatic heterocycles. The van der Waals surface area contributed by atoms with Crippen molar-refractivity contribution in [2.24, 2.45) is 0 Å². The third-order valence-electron chi connectivity index (χ3n) is 2.93. The highest BCUT2D eigenvalue weighted by Gasteiger charge is 2.11. The van der Waals surface area contributed by atoms with Gasteiger partial charge in [-0.2, -0.15) is 0 Å². The molecule has 3 aromatic rings. The number of benzene rings is 1. The Morgan fingerprint density at radius 1 is 1.10 bits per heavy atom. The number of hydrogen-bond donors (Lipinski definition) is 1. The number of anilines is 1. The van der Waals surface area contributed by atoms with Crippen LogP contribution in [-0.2, 0) is 6.54 Å². The molecule has 2 aromatic heterocycles. The average Bonchev–Trinajstić information content (AvgIpc) is 2.96. The molecule has 1 aromatic carbocycles. The molecular weight excluding hydrogens is 266 g/mol. The van der Waals surface area contributed by atoms with Crippen molar-refractivity contribution < 1.29 is 4.79 Å². The molecule has 0 spiro atoms. The first kappa shape index (κ1) is 13.0. The highest BCUT2D eigenvalue weighted by molar-refractivity contribution is 6.01. The molecule has 0 fully saturated rings. The second-order valence-electron chi connectivity index (χ2n) is 4.41. The number of carbonyl (C=O) groups is 1. The van der Waals surface area contributed by atoms with Gasteiger partial charge < -0.3 is 4.57 Å². The van der Waals surface area contributed by atoms with Crippen LogP contribution in [0.5, 0.6) is 0 Å². The number of imidazole rings is 1. The third-order valence-corrected chi connectivity index (χ3v) is 2.93. The number of rotatable bonds is 4. The number of hydrogen-bond acceptors (Lipinski definition) is 4. The largest absolute Gasteiger partial charge is 0.313 e. The summed E-state index contributed by atoms with van der Waals surface area (Å²) in [6, 6.07) is 9.96. The van der Waals surface area contributed by atoms with Gasteiger partial charge in [0.15, 0.2) is 0 Å². The van der Waals surface area contributed by atoms with Gasteiger partial charge in [-0.15, -0.1) is 0 Å². The topological polar surface area (TPSA) is 72.7 Å². The van der Waals surface area contributed by atoms with Crippen molar-refractivity contribution in [1.82, 2.24) is 19.5 Å². The normalized spacial score (nSPS) is 10.3. The average molecular weight is 279 g/mol. The van der Waals surface area contributed by atoms with Gasteiger partial charge in [0.05, 0.1) is 12.7 Å². The molecule has 0 bridgehead atoms. The molecule has 6 nitrogen and oxygen atoms in total. The molecule has 0 atom stereocenters. The van der Waals surface area contributed by atoms with Crippen LogP contribution in [0.4, 0.5) is 5.95 Å². The van der Waals surface area contributed by atoms with E-state index in [1.807, 2.05) is 41.1 Å². The van der Waals surface area contributed by atoms with Crippen LogP contribution >= 0.6 is 0 Å². The summed E-state index contributed by atoms with van der Waals surface area (Å²) >= 11 is 0. The van der Waals surface area contributed by atoms with E-state index in [1.54, 1.807) is 6.20 Å². The van der Waals surface area contributed by atoms with Crippen molar-refractivity contribution in [2.75, 3.05) is 5.32 Å². The molecule has 1 amide bonds. The SMILES string of the molecule is O=C(Nc1nccn1Cc1ccccc1)c1cnccn1. The van der Waals surface area contributed by atoms with Crippen molar-refractivity contribution in [3.8, 4) is 0 Å². The third kappa shape index (κ3) is 3.11. The molecular formula is C15H13N5O. The van der Waals surface area contributed by atoms with Gasteiger partial charge in [0, 0.05) is 24.8 Å². The van der Waals surface area contributed by atoms with Crippen molar-refractivity contribution in [1.29, 1.82) is 0 Å². The molecule has 0 unspecified atom stereocenters. The fourth-order valence-electron chi connectivity index (χ4n) is 1.92. The Hall–Kier alpha value is -3.02. The van der Waals surface area contributed by atoms with Crippen LogP contribution in [0, 0.1) is 0 Å². The van der Waals surface area contributed by atoms with Gasteiger partial charge in [-0.25, -0.2) is 9.97 Å². The Balaban J connectivity index is 1.75. The molecule has 0 radical (unpaired) electrons. The lowest BCUT2D eigenvalue weighted by molar-refractivity contribution is 0.102. The zero-order chi connectivity index (χ0) is 14.5. The van der Waals surface area contributed by atoms with Crippen LogP contribution in [-0.4, -0.2) is 25.4 Å². The van der Waals surface area contributed by atoms with E-state index in [0.717, 1.165) is 5.56 Å². The minimum Gasteiger partial charge on any atom is -0.313 e. The quantitative estimate of drug-likeness (QED) is 0.792. The lowest BCUT2D eigenvalue weighted by atomic mass is 10.2. The number of nitrogens with zero attached hydrogens (tertiary/aromatic N) is 4. The number of nitrogens with one attached hydrogen (secondary N) is 1. The summed E-state index contributed by atoms with van der Waals surface area (Å²) < 4.78 is 1.86. The summed E-state index contributed by atoms with van der Waals surface area (Å²) in [5.74, 6) is 0.151. The highest BCUT2D eigenvalue weighted by Crippen LogP contribution is 2.10. The minimum atomic E-state index is -0.330. The van der Waals surface area contributed by atoms with Gasteiger partial charge in [0.1, 0.15) is 5.69 Å². The van der Waals surface area contributed by atoms with Crippen LogP contribution in [0.15, 0.2) is 61.3 Å². The molecule has 1 N–H and O–H groups in total. The maximum absolute atomic E-state index is 12.0. The summed E-state index contributed by atoms with van der Waals surface area (Å²) in [5.41, 5.74) is 1.39. The van der Waals surface area contributed by atoms with E-state index in [-0.39, 0.29) is 11.6 Å². The number of aromatic nitrogens is 4. The maximum Gasteiger partial charge on any atom is 0.278 e. The smallest absolute Gasteiger partial charge is 0.278 e. The highest BCUT2D eigenvalue weighted by atomic mass is 16.2. The first-order chi connectivity index (χ1) is 10.3. The predicted molar refractivity (Wildman–Crippen MR) is 77.8 cm³/mol. The lowest BCUT2D eigenvalue weighted by Crippen LogP contribution is -2.17. The Kier molecular flexibility index (Phi) is 3.68. The second kappa shape index (κ2) is 5.96. The van der Waals surface area contributed by atoms with Gasteiger partial charge in [0.2, 0.25) is 5.95 Å². The van der Waals surface area contributed by atoms with Crippen LogP contribution in [0.25, 0.3) is 0 Å². The number of amides is 1. The Bertz CT molecular complexity index is 724. The van der Waals surface area contributed by atoms with Crippen molar-refractivity contribution in [2.45, 2.75) is 6.54 Å². The zero-order valence-electron chi connectivity index (χ0n) is 11.2. The second-order valence-corrected chi connectivity index (χ2v) is 4.41. The first-order valence-corrected chi connectivity index (χ1v) is 6.45. The Labute approximate surface area is 121 Å². The summed E-state index contributed by atoms with van der Waals surface area (Å²) in [5, 5.41) is 2.74. The first-order valence-electron chi connectivity index (χ1n) is 6.45. The molecule has 0 aliphatic carbocycles. The van der Waals surface area contributed by atoms with Gasteiger partial charge in [-0.05, 0) is 5.56 Å². The summed E-state index contributed by atoms with van der Waals surface area (Å²) in [6.45, 7) is 0.636. The van der Waals surface area contributed by atoms with Crippen LogP contribution in [0.2, 0.25) is 0 Å². The molecule has 6 heteroatoms. The van der Waals surface area contributed by atoms with Crippen molar-refractivity contribution in [3.63, 3.8) is 0 Å². The minimum absolute atomic E-state index is 0.256. The van der Waals surface area contributed by atoms with Gasteiger partial charge in [-0.3, -0.25) is 15.1 Å². The van der Waals surface area contributed by atoms with E-state index in [9.17, 15) is 4.79 Å². The molecule has 3 rings (SSSR count). The summed E-state index contributed by atoms with van der Waals surface area (Å²) in [7, 11) is 0. The number of carbonyl (C=O) groups excluding carboxylic acids is 1. The van der Waals surface area contributed by atoms with Crippen molar-refractivity contribution in [3.05, 3.63) is 72.6 Å². The molecule has 0 aliphatic rings. The molecule has 2 heterocycles. The van der Waals surface area contributed by atoms with Crippen LogP contribution in [0.1, 0.15) is 16.1 Å². The summed E-state index contributed by atoms with van der Waals surface area (Å²) in [6.07, 6.45) is 7.88. The van der Waals surface area contributed by atoms with Gasteiger partial charge in [-0.1, -0.05) is 30.3 Å². The van der Waals surface area contributed by atoms with E-state index in [2.05, 4.69) is 20.3 Å². The van der Waals surface area contributed by atoms with E-state index < -0.39 is 0 Å². The van der Waals surface area contributed by atoms with Crippen LogP contribution in [0.3, 0.4) is 0 Å². The van der Waals surface area contributed by atoms with E-state index in [0.29, 0.717) is 12.5 Å². The standard InChI is InChI=1S/C15H13N5O/c21-14(13-10-16-6-7-17-13)19-15-18-8-9-20(15)11-12-4-2-1-3-5-12/h1-10H,11H2,(H,18,19,21). The summed E-state index contributed by atoms with van der Waals surface area (Å²) in [4.78, 5) is 24.0. The van der Waals surface area contributed by atoms with Crippen molar-refractivity contribution >= 4 is 11.9 Å². The fourth-order valence-corrected chi connectivity index (χ4v) is 1.92. The molecule has 0 saturated carbocycles. The Morgan fingerprint density at radius 3 is 2.71 bits per heavy atom. The Morgan fingerprint density at radius 2 is 1.95 bits per heavy atom. The van der Waals surface area contributed by atoms with E-state index in [1.165, 1.54) is 18.6 Å². The van der Waals surface area contributed by atoms with Crippen LogP contribution < -0.4 is 5.32 Å². The zero-order valence-corrected chi connectivity index (χ0v) is 11.2. The molecule has 21 heavy (non-hydrogen) atoms. The van der Waals surface area contributed by atoms with Gasteiger partial charge in [0.25, 0.3) is 5.91 Å².